The van der Waals surface area contributed by atoms with Crippen LogP contribution >= 0.6 is 0 Å². The van der Waals surface area contributed by atoms with Crippen molar-refractivity contribution in [3.05, 3.63) is 46.0 Å². The van der Waals surface area contributed by atoms with Crippen LogP contribution in [-0.4, -0.2) is 28.3 Å². The Bertz CT molecular complexity index is 714. The summed E-state index contributed by atoms with van der Waals surface area (Å²) < 4.78 is 5.35. The second-order valence-electron chi connectivity index (χ2n) is 4.47. The molecule has 2 N–H and O–H groups in total. The van der Waals surface area contributed by atoms with Crippen LogP contribution in [0.25, 0.3) is 11.1 Å². The largest absolute Gasteiger partial charge is 0.478 e. The molecule has 2 rings (SSSR count). The Kier molecular flexibility index (Phi) is 4.69. The van der Waals surface area contributed by atoms with Gasteiger partial charge < -0.3 is 14.8 Å². The Morgan fingerprint density at radius 1 is 1.48 bits per heavy atom. The summed E-state index contributed by atoms with van der Waals surface area (Å²) in [6.45, 7) is 2.24. The minimum Gasteiger partial charge on any atom is -0.478 e. The number of hydrogen-bond acceptors (Lipinski definition) is 5. The maximum atomic E-state index is 11.5. The van der Waals surface area contributed by atoms with Crippen LogP contribution in [0.2, 0.25) is 0 Å². The summed E-state index contributed by atoms with van der Waals surface area (Å²) in [5.74, 6) is 0.467. The average molecular weight is 285 g/mol. The fourth-order valence-corrected chi connectivity index (χ4v) is 1.87. The number of nitrogens with zero attached hydrogens (tertiary/aromatic N) is 2. The number of aromatic amines is 1. The molecule has 2 aromatic rings. The highest BCUT2D eigenvalue weighted by Gasteiger charge is 2.08. The van der Waals surface area contributed by atoms with Crippen LogP contribution < -0.4 is 10.3 Å². The van der Waals surface area contributed by atoms with E-state index < -0.39 is 5.56 Å². The van der Waals surface area contributed by atoms with Gasteiger partial charge in [-0.3, -0.25) is 4.79 Å². The Morgan fingerprint density at radius 2 is 2.29 bits per heavy atom. The van der Waals surface area contributed by atoms with Crippen molar-refractivity contribution in [2.45, 2.75) is 13.3 Å². The smallest absolute Gasteiger partial charge is 0.266 e. The predicted molar refractivity (Wildman–Crippen MR) is 76.9 cm³/mol. The normalized spacial score (nSPS) is 10.1. The lowest BCUT2D eigenvalue weighted by molar-refractivity contribution is 0.229. The number of ether oxygens (including phenoxy) is 1. The number of nitriles is 1. The van der Waals surface area contributed by atoms with Crippen molar-refractivity contribution in [2.24, 2.45) is 0 Å². The molecule has 0 aliphatic heterocycles. The van der Waals surface area contributed by atoms with Gasteiger partial charge in [0.1, 0.15) is 11.6 Å². The Hall–Kier alpha value is -2.65. The highest BCUT2D eigenvalue weighted by atomic mass is 16.5. The molecule has 2 aromatic heterocycles. The zero-order valence-electron chi connectivity index (χ0n) is 11.6. The molecule has 0 spiro atoms. The van der Waals surface area contributed by atoms with Crippen LogP contribution in [0.15, 0.2) is 29.2 Å². The Labute approximate surface area is 121 Å². The van der Waals surface area contributed by atoms with E-state index in [4.69, 9.17) is 15.1 Å². The summed E-state index contributed by atoms with van der Waals surface area (Å²) in [7, 11) is 0. The molecule has 0 radical (unpaired) electrons. The van der Waals surface area contributed by atoms with Gasteiger partial charge in [0.25, 0.3) is 5.56 Å². The van der Waals surface area contributed by atoms with Crippen LogP contribution in [0.5, 0.6) is 5.88 Å². The molecule has 6 heteroatoms. The summed E-state index contributed by atoms with van der Waals surface area (Å²) in [6.07, 6.45) is 2.17. The van der Waals surface area contributed by atoms with Gasteiger partial charge >= 0.3 is 0 Å². The number of aryl methyl sites for hydroxylation is 1. The fraction of sp³-hybridized carbons (Fsp3) is 0.267. The van der Waals surface area contributed by atoms with Crippen molar-refractivity contribution in [3.8, 4) is 23.1 Å². The predicted octanol–water partition coefficient (Wildman–Crippen LogP) is 1.38. The molecule has 108 valence electrons. The maximum absolute atomic E-state index is 11.5. The fourth-order valence-electron chi connectivity index (χ4n) is 1.87. The highest BCUT2D eigenvalue weighted by Crippen LogP contribution is 2.22. The van der Waals surface area contributed by atoms with Crippen molar-refractivity contribution < 1.29 is 9.84 Å². The molecule has 21 heavy (non-hydrogen) atoms. The third-order valence-corrected chi connectivity index (χ3v) is 2.96. The number of nitrogens with one attached hydrogen (secondary N) is 1. The number of H-pyrrole nitrogens is 1. The molecule has 0 fully saturated rings. The van der Waals surface area contributed by atoms with E-state index in [9.17, 15) is 4.79 Å². The van der Waals surface area contributed by atoms with E-state index in [0.717, 1.165) is 11.1 Å². The monoisotopic (exact) mass is 285 g/mol. The van der Waals surface area contributed by atoms with Gasteiger partial charge in [-0.15, -0.1) is 0 Å². The van der Waals surface area contributed by atoms with E-state index in [1.54, 1.807) is 25.3 Å². The Balaban J connectivity index is 2.27. The second-order valence-corrected chi connectivity index (χ2v) is 4.47. The van der Waals surface area contributed by atoms with Gasteiger partial charge in [-0.1, -0.05) is 0 Å². The number of aliphatic hydroxyl groups excluding tert-OH is 1. The number of aromatic nitrogens is 2. The molecule has 0 aromatic carbocycles. The van der Waals surface area contributed by atoms with E-state index >= 15 is 0 Å². The molecule has 0 atom stereocenters. The van der Waals surface area contributed by atoms with Gasteiger partial charge in [0.05, 0.1) is 6.61 Å². The van der Waals surface area contributed by atoms with Gasteiger partial charge in [-0.2, -0.15) is 5.26 Å². The molecule has 0 aliphatic rings. The number of pyridine rings is 2. The summed E-state index contributed by atoms with van der Waals surface area (Å²) in [6, 6.07) is 6.94. The van der Waals surface area contributed by atoms with E-state index in [1.165, 1.54) is 0 Å². The van der Waals surface area contributed by atoms with E-state index in [1.807, 2.05) is 12.1 Å². The average Bonchev–Trinajstić information content (AvgIpc) is 2.49. The molecular weight excluding hydrogens is 270 g/mol. The molecule has 0 bridgehead atoms. The number of aliphatic hydroxyl groups is 1. The first kappa shape index (κ1) is 14.8. The van der Waals surface area contributed by atoms with Crippen molar-refractivity contribution in [1.82, 2.24) is 9.97 Å². The number of rotatable bonds is 5. The lowest BCUT2D eigenvalue weighted by atomic mass is 10.0. The van der Waals surface area contributed by atoms with E-state index in [2.05, 4.69) is 9.97 Å². The van der Waals surface area contributed by atoms with Crippen LogP contribution in [0.1, 0.15) is 17.7 Å². The minimum absolute atomic E-state index is 0.0684. The van der Waals surface area contributed by atoms with Crippen molar-refractivity contribution >= 4 is 0 Å². The van der Waals surface area contributed by atoms with Gasteiger partial charge in [0.15, 0.2) is 0 Å². The standard InChI is InChI=1S/C15H15N3O3/c1-10-13(7-12(8-16)15(20)18-10)11-3-4-14(17-9-11)21-6-2-5-19/h3-4,7,9,19H,2,5-6H2,1H3,(H,18,20). The van der Waals surface area contributed by atoms with Crippen molar-refractivity contribution in [3.63, 3.8) is 0 Å². The molecule has 6 nitrogen and oxygen atoms in total. The van der Waals surface area contributed by atoms with Gasteiger partial charge in [0.2, 0.25) is 5.88 Å². The molecular formula is C15H15N3O3. The van der Waals surface area contributed by atoms with Crippen molar-refractivity contribution in [2.75, 3.05) is 13.2 Å². The highest BCUT2D eigenvalue weighted by molar-refractivity contribution is 5.66. The third-order valence-electron chi connectivity index (χ3n) is 2.96. The zero-order valence-corrected chi connectivity index (χ0v) is 11.6. The van der Waals surface area contributed by atoms with Crippen molar-refractivity contribution in [1.29, 1.82) is 5.26 Å². The zero-order chi connectivity index (χ0) is 15.2. The third kappa shape index (κ3) is 3.46. The topological polar surface area (TPSA) is 99.0 Å². The molecule has 0 aliphatic carbocycles. The molecule has 0 unspecified atom stereocenters. The maximum Gasteiger partial charge on any atom is 0.266 e. The van der Waals surface area contributed by atoms with Crippen LogP contribution in [-0.2, 0) is 0 Å². The lowest BCUT2D eigenvalue weighted by Crippen LogP contribution is -2.12. The molecule has 0 amide bonds. The summed E-state index contributed by atoms with van der Waals surface area (Å²) in [4.78, 5) is 18.3. The van der Waals surface area contributed by atoms with Gasteiger partial charge in [-0.05, 0) is 19.1 Å². The number of hydrogen-bond donors (Lipinski definition) is 2. The van der Waals surface area contributed by atoms with Crippen LogP contribution in [0.3, 0.4) is 0 Å². The van der Waals surface area contributed by atoms with Gasteiger partial charge in [-0.25, -0.2) is 4.98 Å². The first-order valence-corrected chi connectivity index (χ1v) is 6.50. The summed E-state index contributed by atoms with van der Waals surface area (Å²) in [5, 5.41) is 17.6. The van der Waals surface area contributed by atoms with Crippen LogP contribution in [0, 0.1) is 18.3 Å². The second kappa shape index (κ2) is 6.68. The first-order chi connectivity index (χ1) is 10.2. The van der Waals surface area contributed by atoms with E-state index in [0.29, 0.717) is 24.6 Å². The molecule has 2 heterocycles. The lowest BCUT2D eigenvalue weighted by Gasteiger charge is -2.08. The SMILES string of the molecule is Cc1[nH]c(=O)c(C#N)cc1-c1ccc(OCCCO)nc1. The Morgan fingerprint density at radius 3 is 2.90 bits per heavy atom. The summed E-state index contributed by atoms with van der Waals surface area (Å²) in [5.41, 5.74) is 1.89. The molecule has 0 saturated heterocycles. The van der Waals surface area contributed by atoms with Gasteiger partial charge in [0, 0.05) is 42.1 Å². The quantitative estimate of drug-likeness (QED) is 0.808. The summed E-state index contributed by atoms with van der Waals surface area (Å²) >= 11 is 0. The van der Waals surface area contributed by atoms with Crippen LogP contribution in [0.4, 0.5) is 0 Å². The minimum atomic E-state index is -0.393. The first-order valence-electron chi connectivity index (χ1n) is 6.50. The molecule has 0 saturated carbocycles. The van der Waals surface area contributed by atoms with E-state index in [-0.39, 0.29) is 12.2 Å².